The predicted octanol–water partition coefficient (Wildman–Crippen LogP) is 5.97. The highest BCUT2D eigenvalue weighted by molar-refractivity contribution is 5.98. The summed E-state index contributed by atoms with van der Waals surface area (Å²) in [5, 5.41) is 6.29. The van der Waals surface area contributed by atoms with Crippen molar-refractivity contribution in [3.05, 3.63) is 46.6 Å². The molecule has 0 spiro atoms. The summed E-state index contributed by atoms with van der Waals surface area (Å²) < 4.78 is 13.6. The molecule has 0 unspecified atom stereocenters. The minimum atomic E-state index is -0.581. The number of carbonyl (C=O) groups is 2. The van der Waals surface area contributed by atoms with E-state index in [1.54, 1.807) is 7.11 Å². The molecule has 2 fully saturated rings. The zero-order valence-electron chi connectivity index (χ0n) is 24.7. The Labute approximate surface area is 234 Å². The second-order valence-electron chi connectivity index (χ2n) is 12.1. The summed E-state index contributed by atoms with van der Waals surface area (Å²) in [6, 6.07) is 8.17. The van der Waals surface area contributed by atoms with Gasteiger partial charge < -0.3 is 24.7 Å². The first kappa shape index (κ1) is 29.3. The van der Waals surface area contributed by atoms with Gasteiger partial charge in [-0.25, -0.2) is 0 Å². The molecule has 0 bridgehead atoms. The molecule has 1 saturated carbocycles. The molecule has 4 rings (SSSR count). The van der Waals surface area contributed by atoms with Crippen LogP contribution in [0.1, 0.15) is 105 Å². The molecule has 214 valence electrons. The molecule has 7 nitrogen and oxygen atoms in total. The van der Waals surface area contributed by atoms with Crippen LogP contribution in [0.15, 0.2) is 24.3 Å². The van der Waals surface area contributed by atoms with Gasteiger partial charge in [0.25, 0.3) is 11.8 Å². The first-order valence-corrected chi connectivity index (χ1v) is 14.7. The Morgan fingerprint density at radius 2 is 1.72 bits per heavy atom. The number of amides is 2. The Morgan fingerprint density at radius 1 is 1.03 bits per heavy atom. The average molecular weight is 538 g/mol. The first-order valence-electron chi connectivity index (χ1n) is 14.7. The van der Waals surface area contributed by atoms with E-state index in [4.69, 9.17) is 9.47 Å². The summed E-state index contributed by atoms with van der Waals surface area (Å²) in [6.45, 7) is 12.2. The second-order valence-corrected chi connectivity index (χ2v) is 12.1. The molecule has 7 heteroatoms. The molecule has 1 aromatic carbocycles. The van der Waals surface area contributed by atoms with E-state index < -0.39 is 5.60 Å². The molecule has 0 radical (unpaired) electrons. The number of aromatic nitrogens is 1. The molecule has 2 aliphatic rings. The van der Waals surface area contributed by atoms with Gasteiger partial charge in [-0.3, -0.25) is 9.59 Å². The highest BCUT2D eigenvalue weighted by Crippen LogP contribution is 2.35. The smallest absolute Gasteiger partial charge is 0.253 e. The van der Waals surface area contributed by atoms with E-state index in [-0.39, 0.29) is 23.9 Å². The second kappa shape index (κ2) is 12.7. The molecule has 2 heterocycles. The lowest BCUT2D eigenvalue weighted by Gasteiger charge is -2.26. The molecular weight excluding hydrogens is 490 g/mol. The van der Waals surface area contributed by atoms with Crippen LogP contribution in [0, 0.1) is 12.8 Å². The van der Waals surface area contributed by atoms with Gasteiger partial charge >= 0.3 is 0 Å². The van der Waals surface area contributed by atoms with Crippen molar-refractivity contribution in [1.29, 1.82) is 0 Å². The number of ether oxygens (including phenoxy) is 2. The van der Waals surface area contributed by atoms with Crippen LogP contribution in [0.2, 0.25) is 0 Å². The number of benzene rings is 1. The molecule has 2 N–H and O–H groups in total. The molecule has 1 saturated heterocycles. The van der Waals surface area contributed by atoms with Gasteiger partial charge in [0.1, 0.15) is 0 Å². The Balaban J connectivity index is 1.79. The fourth-order valence-corrected chi connectivity index (χ4v) is 5.80. The van der Waals surface area contributed by atoms with Crippen molar-refractivity contribution in [1.82, 2.24) is 15.2 Å². The predicted molar refractivity (Wildman–Crippen MR) is 155 cm³/mol. The molecule has 0 atom stereocenters. The van der Waals surface area contributed by atoms with Crippen LogP contribution in [0.5, 0.6) is 0 Å². The average Bonchev–Trinajstić information content (AvgIpc) is 3.25. The number of methoxy groups -OCH3 is 1. The van der Waals surface area contributed by atoms with Gasteiger partial charge in [-0.1, -0.05) is 19.3 Å². The fourth-order valence-electron chi connectivity index (χ4n) is 5.80. The van der Waals surface area contributed by atoms with Crippen LogP contribution in [0.25, 0.3) is 11.3 Å². The van der Waals surface area contributed by atoms with Crippen molar-refractivity contribution in [2.45, 2.75) is 104 Å². The van der Waals surface area contributed by atoms with Crippen LogP contribution in [0.3, 0.4) is 0 Å². The summed E-state index contributed by atoms with van der Waals surface area (Å²) in [5.41, 5.74) is 4.52. The first-order chi connectivity index (χ1) is 18.6. The van der Waals surface area contributed by atoms with E-state index in [1.807, 2.05) is 45.9 Å². The maximum absolute atomic E-state index is 13.5. The van der Waals surface area contributed by atoms with Crippen LogP contribution in [-0.4, -0.2) is 48.8 Å². The lowest BCUT2D eigenvalue weighted by atomic mass is 9.89. The van der Waals surface area contributed by atoms with E-state index >= 15 is 0 Å². The summed E-state index contributed by atoms with van der Waals surface area (Å²) in [6.07, 6.45) is 7.91. The standard InChI is InChI=1S/C32H47N3O4/c1-21(2)33-30(36)25-16-24(17-26(18-25)32(4,5)38-6)29-19-28(31(37)34-27-12-14-39-15-13-27)22(3)35(29)20-23-10-8-7-9-11-23/h16-19,21,23,27H,7-15,20H2,1-6H3,(H,33,36)(H,34,37). The van der Waals surface area contributed by atoms with E-state index in [2.05, 4.69) is 28.2 Å². The van der Waals surface area contributed by atoms with Gasteiger partial charge in [0.15, 0.2) is 0 Å². The monoisotopic (exact) mass is 537 g/mol. The van der Waals surface area contributed by atoms with E-state index in [0.717, 1.165) is 41.9 Å². The lowest BCUT2D eigenvalue weighted by molar-refractivity contribution is 0.0192. The Morgan fingerprint density at radius 3 is 2.36 bits per heavy atom. The highest BCUT2D eigenvalue weighted by atomic mass is 16.5. The maximum atomic E-state index is 13.5. The topological polar surface area (TPSA) is 81.6 Å². The van der Waals surface area contributed by atoms with Crippen LogP contribution in [0.4, 0.5) is 0 Å². The number of carbonyl (C=O) groups excluding carboxylic acids is 2. The van der Waals surface area contributed by atoms with Crippen molar-refractivity contribution in [2.24, 2.45) is 5.92 Å². The molecule has 1 aromatic heterocycles. The van der Waals surface area contributed by atoms with Crippen molar-refractivity contribution in [3.8, 4) is 11.3 Å². The van der Waals surface area contributed by atoms with Crippen molar-refractivity contribution < 1.29 is 19.1 Å². The number of nitrogens with zero attached hydrogens (tertiary/aromatic N) is 1. The van der Waals surface area contributed by atoms with Crippen molar-refractivity contribution >= 4 is 11.8 Å². The number of hydrogen-bond donors (Lipinski definition) is 2. The minimum absolute atomic E-state index is 0.0259. The third-order valence-corrected chi connectivity index (χ3v) is 8.45. The molecular formula is C32H47N3O4. The Hall–Kier alpha value is -2.64. The van der Waals surface area contributed by atoms with E-state index in [9.17, 15) is 9.59 Å². The maximum Gasteiger partial charge on any atom is 0.253 e. The summed E-state index contributed by atoms with van der Waals surface area (Å²) in [5.74, 6) is 0.436. The number of hydrogen-bond acceptors (Lipinski definition) is 4. The number of rotatable bonds is 9. The quantitative estimate of drug-likeness (QED) is 0.413. The lowest BCUT2D eigenvalue weighted by Crippen LogP contribution is -2.39. The molecule has 2 amide bonds. The van der Waals surface area contributed by atoms with Crippen LogP contribution >= 0.6 is 0 Å². The highest BCUT2D eigenvalue weighted by Gasteiger charge is 2.27. The van der Waals surface area contributed by atoms with Gasteiger partial charge in [-0.2, -0.15) is 0 Å². The summed E-state index contributed by atoms with van der Waals surface area (Å²) in [4.78, 5) is 26.7. The third-order valence-electron chi connectivity index (χ3n) is 8.45. The largest absolute Gasteiger partial charge is 0.381 e. The minimum Gasteiger partial charge on any atom is -0.381 e. The number of nitrogens with one attached hydrogen (secondary N) is 2. The summed E-state index contributed by atoms with van der Waals surface area (Å²) >= 11 is 0. The van der Waals surface area contributed by atoms with E-state index in [0.29, 0.717) is 30.3 Å². The molecule has 1 aliphatic carbocycles. The van der Waals surface area contributed by atoms with Gasteiger partial charge in [-0.05, 0) is 102 Å². The normalized spacial score (nSPS) is 17.4. The van der Waals surface area contributed by atoms with Crippen molar-refractivity contribution in [3.63, 3.8) is 0 Å². The third kappa shape index (κ3) is 7.12. The van der Waals surface area contributed by atoms with Crippen LogP contribution < -0.4 is 10.6 Å². The van der Waals surface area contributed by atoms with Gasteiger partial charge in [-0.15, -0.1) is 0 Å². The SMILES string of the molecule is COC(C)(C)c1cc(C(=O)NC(C)C)cc(-c2cc(C(=O)NC3CCOCC3)c(C)n2CC2CCCCC2)c1. The van der Waals surface area contributed by atoms with Crippen LogP contribution in [-0.2, 0) is 21.6 Å². The van der Waals surface area contributed by atoms with Crippen molar-refractivity contribution in [2.75, 3.05) is 20.3 Å². The zero-order valence-corrected chi connectivity index (χ0v) is 24.7. The zero-order chi connectivity index (χ0) is 28.2. The Bertz CT molecular complexity index is 1150. The Kier molecular flexibility index (Phi) is 9.55. The van der Waals surface area contributed by atoms with Gasteiger partial charge in [0.2, 0.25) is 0 Å². The van der Waals surface area contributed by atoms with E-state index in [1.165, 1.54) is 32.1 Å². The fraction of sp³-hybridized carbons (Fsp3) is 0.625. The van der Waals surface area contributed by atoms with Gasteiger partial charge in [0, 0.05) is 55.9 Å². The summed E-state index contributed by atoms with van der Waals surface area (Å²) in [7, 11) is 1.69. The molecule has 1 aliphatic heterocycles. The van der Waals surface area contributed by atoms with Gasteiger partial charge in [0.05, 0.1) is 11.2 Å². The molecule has 2 aromatic rings. The molecule has 39 heavy (non-hydrogen) atoms.